The minimum absolute atomic E-state index is 0.277. The molecule has 1 heteroatoms. The second kappa shape index (κ2) is 6.41. The number of hydrogen-bond acceptors (Lipinski definition) is 1. The van der Waals surface area contributed by atoms with Crippen LogP contribution in [0.1, 0.15) is 33.3 Å². The van der Waals surface area contributed by atoms with Gasteiger partial charge in [0.2, 0.25) is 0 Å². The lowest BCUT2D eigenvalue weighted by molar-refractivity contribution is 0.331. The molecule has 0 aliphatic heterocycles. The normalized spacial score (nSPS) is 12.2. The Morgan fingerprint density at radius 1 is 1.00 bits per heavy atom. The zero-order valence-electron chi connectivity index (χ0n) is 13.2. The molecule has 1 nitrogen and oxygen atoms in total. The molecular formula is C19H27N. The molecule has 0 amide bonds. The number of hydrogen-bond donors (Lipinski definition) is 1. The van der Waals surface area contributed by atoms with Crippen LogP contribution in [0.25, 0.3) is 10.8 Å². The van der Waals surface area contributed by atoms with Gasteiger partial charge in [0.15, 0.2) is 0 Å². The number of nitrogens with one attached hydrogen (secondary N) is 1. The van der Waals surface area contributed by atoms with E-state index in [2.05, 4.69) is 75.5 Å². The molecule has 0 radical (unpaired) electrons. The van der Waals surface area contributed by atoms with Crippen LogP contribution in [0.3, 0.4) is 0 Å². The van der Waals surface area contributed by atoms with Crippen molar-refractivity contribution >= 4 is 10.8 Å². The van der Waals surface area contributed by atoms with Gasteiger partial charge in [-0.1, -0.05) is 70.2 Å². The van der Waals surface area contributed by atoms with Gasteiger partial charge < -0.3 is 5.32 Å². The van der Waals surface area contributed by atoms with Crippen molar-refractivity contribution in [3.05, 3.63) is 48.0 Å². The first-order chi connectivity index (χ1) is 9.48. The highest BCUT2D eigenvalue weighted by Crippen LogP contribution is 2.26. The third-order valence-corrected chi connectivity index (χ3v) is 3.71. The summed E-state index contributed by atoms with van der Waals surface area (Å²) in [7, 11) is 0. The Bertz CT molecular complexity index is 549. The van der Waals surface area contributed by atoms with Crippen LogP contribution < -0.4 is 5.32 Å². The molecule has 0 atom stereocenters. The van der Waals surface area contributed by atoms with Gasteiger partial charge in [-0.2, -0.15) is 0 Å². The van der Waals surface area contributed by atoms with E-state index in [9.17, 15) is 0 Å². The summed E-state index contributed by atoms with van der Waals surface area (Å²) < 4.78 is 0. The van der Waals surface area contributed by atoms with Crippen LogP contribution in [0, 0.1) is 11.3 Å². The van der Waals surface area contributed by atoms with Gasteiger partial charge in [0.05, 0.1) is 0 Å². The topological polar surface area (TPSA) is 12.0 Å². The predicted octanol–water partition coefficient (Wildman–Crippen LogP) is 4.65. The summed E-state index contributed by atoms with van der Waals surface area (Å²) in [6.07, 6.45) is 1.11. The van der Waals surface area contributed by atoms with Gasteiger partial charge in [-0.25, -0.2) is 0 Å². The molecule has 0 saturated carbocycles. The van der Waals surface area contributed by atoms with Crippen LogP contribution in [-0.4, -0.2) is 13.1 Å². The summed E-state index contributed by atoms with van der Waals surface area (Å²) >= 11 is 0. The van der Waals surface area contributed by atoms with Crippen molar-refractivity contribution in [2.45, 2.75) is 34.1 Å². The molecule has 108 valence electrons. The van der Waals surface area contributed by atoms with E-state index in [4.69, 9.17) is 0 Å². The molecule has 0 aromatic heterocycles. The van der Waals surface area contributed by atoms with Gasteiger partial charge in [-0.05, 0) is 40.6 Å². The second-order valence-electron chi connectivity index (χ2n) is 7.00. The lowest BCUT2D eigenvalue weighted by atomic mass is 9.84. The van der Waals surface area contributed by atoms with Crippen molar-refractivity contribution in [1.29, 1.82) is 0 Å². The maximum absolute atomic E-state index is 3.59. The van der Waals surface area contributed by atoms with Crippen LogP contribution in [0.4, 0.5) is 0 Å². The molecular weight excluding hydrogens is 242 g/mol. The molecule has 0 aliphatic rings. The van der Waals surface area contributed by atoms with Crippen LogP contribution >= 0.6 is 0 Å². The maximum Gasteiger partial charge on any atom is 0.000582 e. The van der Waals surface area contributed by atoms with E-state index in [1.54, 1.807) is 0 Å². The van der Waals surface area contributed by atoms with E-state index in [0.29, 0.717) is 5.92 Å². The molecule has 2 rings (SSSR count). The molecule has 0 fully saturated rings. The number of rotatable bonds is 6. The summed E-state index contributed by atoms with van der Waals surface area (Å²) in [5.74, 6) is 0.711. The SMILES string of the molecule is CC(C)CNCC(C)(C)Cc1cccc2ccccc12. The van der Waals surface area contributed by atoms with Crippen molar-refractivity contribution < 1.29 is 0 Å². The molecule has 0 spiro atoms. The first-order valence-electron chi connectivity index (χ1n) is 7.65. The lowest BCUT2D eigenvalue weighted by Gasteiger charge is -2.26. The van der Waals surface area contributed by atoms with E-state index in [-0.39, 0.29) is 5.41 Å². The Morgan fingerprint density at radius 2 is 1.70 bits per heavy atom. The third kappa shape index (κ3) is 4.08. The summed E-state index contributed by atoms with van der Waals surface area (Å²) in [6, 6.07) is 15.3. The predicted molar refractivity (Wildman–Crippen MR) is 89.1 cm³/mol. The highest BCUT2D eigenvalue weighted by molar-refractivity contribution is 5.85. The van der Waals surface area contributed by atoms with E-state index in [1.807, 2.05) is 0 Å². The first kappa shape index (κ1) is 15.1. The quantitative estimate of drug-likeness (QED) is 0.804. The Morgan fingerprint density at radius 3 is 2.45 bits per heavy atom. The average Bonchev–Trinajstić information content (AvgIpc) is 2.38. The maximum atomic E-state index is 3.59. The summed E-state index contributed by atoms with van der Waals surface area (Å²) in [5, 5.41) is 6.33. The van der Waals surface area contributed by atoms with Crippen LogP contribution in [0.15, 0.2) is 42.5 Å². The molecule has 0 aliphatic carbocycles. The van der Waals surface area contributed by atoms with Gasteiger partial charge in [0, 0.05) is 6.54 Å². The molecule has 2 aromatic rings. The summed E-state index contributed by atoms with van der Waals surface area (Å²) in [4.78, 5) is 0. The fourth-order valence-electron chi connectivity index (χ4n) is 2.72. The largest absolute Gasteiger partial charge is 0.316 e. The molecule has 2 aromatic carbocycles. The molecule has 0 bridgehead atoms. The van der Waals surface area contributed by atoms with Crippen molar-refractivity contribution in [1.82, 2.24) is 5.32 Å². The van der Waals surface area contributed by atoms with Gasteiger partial charge in [-0.15, -0.1) is 0 Å². The Balaban J connectivity index is 2.10. The van der Waals surface area contributed by atoms with Crippen molar-refractivity contribution in [3.63, 3.8) is 0 Å². The van der Waals surface area contributed by atoms with Gasteiger partial charge >= 0.3 is 0 Å². The fourth-order valence-corrected chi connectivity index (χ4v) is 2.72. The highest BCUT2D eigenvalue weighted by atomic mass is 14.9. The van der Waals surface area contributed by atoms with Gasteiger partial charge in [0.25, 0.3) is 0 Å². The second-order valence-corrected chi connectivity index (χ2v) is 7.00. The lowest BCUT2D eigenvalue weighted by Crippen LogP contribution is -2.33. The fraction of sp³-hybridized carbons (Fsp3) is 0.474. The van der Waals surface area contributed by atoms with E-state index < -0.39 is 0 Å². The molecule has 0 saturated heterocycles. The van der Waals surface area contributed by atoms with Crippen molar-refractivity contribution in [3.8, 4) is 0 Å². The average molecular weight is 269 g/mol. The molecule has 0 heterocycles. The van der Waals surface area contributed by atoms with E-state index in [0.717, 1.165) is 19.5 Å². The summed E-state index contributed by atoms with van der Waals surface area (Å²) in [6.45, 7) is 11.4. The zero-order chi connectivity index (χ0) is 14.6. The monoisotopic (exact) mass is 269 g/mol. The van der Waals surface area contributed by atoms with Crippen LogP contribution in [-0.2, 0) is 6.42 Å². The molecule has 1 N–H and O–H groups in total. The minimum atomic E-state index is 0.277. The minimum Gasteiger partial charge on any atom is -0.316 e. The third-order valence-electron chi connectivity index (χ3n) is 3.71. The van der Waals surface area contributed by atoms with Gasteiger partial charge in [-0.3, -0.25) is 0 Å². The highest BCUT2D eigenvalue weighted by Gasteiger charge is 2.19. The first-order valence-corrected chi connectivity index (χ1v) is 7.65. The number of benzene rings is 2. The Kier molecular flexibility index (Phi) is 4.82. The van der Waals surface area contributed by atoms with E-state index in [1.165, 1.54) is 16.3 Å². The number of fused-ring (bicyclic) bond motifs is 1. The Hall–Kier alpha value is -1.34. The molecule has 0 unspecified atom stereocenters. The standard InChI is InChI=1S/C19H27N/c1-15(2)13-20-14-19(3,4)12-17-10-7-9-16-8-5-6-11-18(16)17/h5-11,15,20H,12-14H2,1-4H3. The van der Waals surface area contributed by atoms with E-state index >= 15 is 0 Å². The van der Waals surface area contributed by atoms with Gasteiger partial charge in [0.1, 0.15) is 0 Å². The van der Waals surface area contributed by atoms with Crippen molar-refractivity contribution in [2.24, 2.45) is 11.3 Å². The Labute approximate surface area is 123 Å². The van der Waals surface area contributed by atoms with Crippen LogP contribution in [0.2, 0.25) is 0 Å². The smallest absolute Gasteiger partial charge is 0.000582 e. The van der Waals surface area contributed by atoms with Crippen LogP contribution in [0.5, 0.6) is 0 Å². The zero-order valence-corrected chi connectivity index (χ0v) is 13.2. The summed E-state index contributed by atoms with van der Waals surface area (Å²) in [5.41, 5.74) is 1.73. The van der Waals surface area contributed by atoms with Crippen molar-refractivity contribution in [2.75, 3.05) is 13.1 Å². The molecule has 20 heavy (non-hydrogen) atoms.